The van der Waals surface area contributed by atoms with Gasteiger partial charge in [-0.25, -0.2) is 65.7 Å². The normalized spacial score (nSPS) is 14.0. The van der Waals surface area contributed by atoms with Gasteiger partial charge in [0.15, 0.2) is 0 Å². The van der Waals surface area contributed by atoms with Gasteiger partial charge in [-0.2, -0.15) is 0 Å². The van der Waals surface area contributed by atoms with Crippen LogP contribution in [0.15, 0.2) is 0 Å². The Morgan fingerprint density at radius 3 is 0.718 bits per heavy atom. The molecular formula is C89H206N9NaO33S5Si5. The van der Waals surface area contributed by atoms with Crippen LogP contribution in [0.25, 0.3) is 0 Å². The number of aliphatic carboxylic acids is 1. The molecule has 42 nitrogen and oxygen atoms in total. The Kier molecular flexibility index (Phi) is 105. The predicted molar refractivity (Wildman–Crippen MR) is 571 cm³/mol. The number of hydrogen-bond acceptors (Lipinski definition) is 33. The van der Waals surface area contributed by atoms with Crippen molar-refractivity contribution in [3.8, 4) is 0 Å². The maximum Gasteiger partial charge on any atom is 1.00 e. The smallest absolute Gasteiger partial charge is 0.550 e. The molecule has 0 saturated heterocycles. The van der Waals surface area contributed by atoms with Crippen molar-refractivity contribution in [2.24, 2.45) is 34.1 Å². The number of rotatable bonds is 71. The van der Waals surface area contributed by atoms with E-state index in [2.05, 4.69) is 34.2 Å². The van der Waals surface area contributed by atoms with Gasteiger partial charge >= 0.3 is 73.6 Å². The van der Waals surface area contributed by atoms with Crippen molar-refractivity contribution < 1.29 is 177 Å². The standard InChI is InChI=1S/3C13H31NO5SSi.C11H27NO5SSi.C10H25NO5SSi.2C6H13NO2.2C6H13NO.C5H10O2.Na/c3*1-6-13(5)20(15,16)14-11-10-12-21(17-7-2,18-8-3)19-9-4;1-7-11(2,3)18(13,14)12-9-8-10-19(15-4,16-5)17-6;1-6-10(2)17(12,13)11-8-7-9-18(14-3,15-4)16-5;1-3-6(2,4-8)5(7)9;1-3-5(2)6(9)7-4-8;1-4-6(2,3)5(7)8;1-4-5(2)7-6(3)8;1-3-4(2)5(6)7;/h3*13-14H,6-12H2,1-5H3;12H,7-10H2,1-6H3;10-11H,6-9H2,1-5H3;8H,3-4H2,1-2H3,(H2,7,9);5,8H,3-4H2,1-2H3,(H,7,9);4H2,1-3H3,(H2,7,8);5H,4H2,1-3H3,(H,7,8);4H,3H2,1-2H3,(H,6,7);/q;;;;;;;;;;+1/p-1. The van der Waals surface area contributed by atoms with Gasteiger partial charge in [-0.05, 0) is 220 Å². The third kappa shape index (κ3) is 77.6. The van der Waals surface area contributed by atoms with Crippen LogP contribution in [0.5, 0.6) is 0 Å². The van der Waals surface area contributed by atoms with Crippen LogP contribution in [-0.2, 0) is 140 Å². The third-order valence-electron chi connectivity index (χ3n) is 22.6. The summed E-state index contributed by atoms with van der Waals surface area (Å²) in [5.74, 6) is -1.92. The fourth-order valence-corrected chi connectivity index (χ4v) is 27.2. The summed E-state index contributed by atoms with van der Waals surface area (Å²) in [5, 5.41) is 30.3. The fraction of sp³-hybridized carbons (Fsp3) is 0.944. The first-order valence-electron chi connectivity index (χ1n) is 49.9. The van der Waals surface area contributed by atoms with Gasteiger partial charge in [0, 0.05) is 195 Å². The summed E-state index contributed by atoms with van der Waals surface area (Å²) in [5.41, 5.74) is 8.99. The van der Waals surface area contributed by atoms with E-state index < -0.39 is 116 Å². The first kappa shape index (κ1) is 163. The number of carboxylic acid groups (broad SMARTS) is 1. The zero-order valence-electron chi connectivity index (χ0n) is 95.2. The number of carboxylic acids is 1. The molecule has 856 valence electrons. The average molecular weight is 2250 g/mol. The summed E-state index contributed by atoms with van der Waals surface area (Å²) in [6.45, 7) is 64.9. The second-order valence-corrected chi connectivity index (χ2v) is 59.4. The van der Waals surface area contributed by atoms with Crippen molar-refractivity contribution in [2.75, 3.05) is 148 Å². The van der Waals surface area contributed by atoms with Gasteiger partial charge in [0.25, 0.3) is 0 Å². The number of nitrogens with two attached hydrogens (primary N) is 2. The van der Waals surface area contributed by atoms with E-state index in [4.69, 9.17) is 88.1 Å². The molecule has 0 aliphatic rings. The van der Waals surface area contributed by atoms with Gasteiger partial charge in [-0.1, -0.05) is 96.9 Å². The van der Waals surface area contributed by atoms with Gasteiger partial charge in [0.1, 0.15) is 6.73 Å². The fourth-order valence-electron chi connectivity index (χ4n) is 10.1. The van der Waals surface area contributed by atoms with Gasteiger partial charge in [0.05, 0.1) is 37.8 Å². The Bertz CT molecular complexity index is 3450. The number of sulfonamides is 5. The molecule has 0 fully saturated rings. The minimum absolute atomic E-state index is 0. The topological polar surface area (TPSA) is 594 Å². The molecular weight excluding hydrogens is 2050 g/mol. The molecule has 4 amide bonds. The van der Waals surface area contributed by atoms with Crippen LogP contribution in [0.1, 0.15) is 318 Å². The predicted octanol–water partition coefficient (Wildman–Crippen LogP) is 7.36. The van der Waals surface area contributed by atoms with Crippen molar-refractivity contribution in [3.63, 3.8) is 0 Å². The van der Waals surface area contributed by atoms with Gasteiger partial charge < -0.3 is 109 Å². The molecule has 142 heavy (non-hydrogen) atoms. The van der Waals surface area contributed by atoms with Crippen molar-refractivity contribution >= 4 is 124 Å². The summed E-state index contributed by atoms with van der Waals surface area (Å²) < 4.78 is 214. The molecule has 0 heterocycles. The number of nitrogens with one attached hydrogen (secondary N) is 7. The zero-order chi connectivity index (χ0) is 112. The molecule has 0 aliphatic heterocycles. The van der Waals surface area contributed by atoms with Crippen LogP contribution in [-0.4, -0.2) is 306 Å². The summed E-state index contributed by atoms with van der Waals surface area (Å²) in [6, 6.07) is 3.33. The van der Waals surface area contributed by atoms with E-state index >= 15 is 0 Å². The molecule has 0 radical (unpaired) electrons. The Balaban J connectivity index is -0.000000153. The van der Waals surface area contributed by atoms with Crippen LogP contribution < -0.4 is 80.4 Å². The van der Waals surface area contributed by atoms with E-state index in [9.17, 15) is 71.2 Å². The summed E-state index contributed by atoms with van der Waals surface area (Å²) >= 11 is 0. The summed E-state index contributed by atoms with van der Waals surface area (Å²) in [4.78, 5) is 51.8. The largest absolute Gasteiger partial charge is 1.00 e. The van der Waals surface area contributed by atoms with Crippen molar-refractivity contribution in [1.29, 1.82) is 0 Å². The van der Waals surface area contributed by atoms with Crippen LogP contribution in [0.3, 0.4) is 0 Å². The first-order valence-corrected chi connectivity index (χ1v) is 67.2. The summed E-state index contributed by atoms with van der Waals surface area (Å²) in [6.07, 6.45) is 9.98. The van der Waals surface area contributed by atoms with Crippen molar-refractivity contribution in [3.05, 3.63) is 0 Å². The van der Waals surface area contributed by atoms with Crippen LogP contribution in [0, 0.1) is 22.7 Å². The Hall–Kier alpha value is -1.70. The summed E-state index contributed by atoms with van der Waals surface area (Å²) in [7, 11) is -20.1. The molecule has 0 aromatic rings. The van der Waals surface area contributed by atoms with E-state index in [1.165, 1.54) is 6.92 Å². The molecule has 53 heteroatoms. The minimum Gasteiger partial charge on any atom is -0.550 e. The van der Waals surface area contributed by atoms with Crippen LogP contribution in [0.2, 0.25) is 30.2 Å². The molecule has 8 atom stereocenters. The molecule has 0 aromatic carbocycles. The number of aliphatic hydroxyl groups excluding tert-OH is 2. The van der Waals surface area contributed by atoms with Crippen LogP contribution >= 0.6 is 0 Å². The SMILES string of the molecule is CCC(C)(C)C(N)=O.CCC(C)(C)S(=O)(=O)NCCC[Si](OC)(OC)OC.CCC(C)(CO)C(N)=O.CCC(C)C(=O)NCO.CCC(C)C(=O)[O-].CCC(C)NC(C)=O.CCC(C)S(=O)(=O)NCCC[Si](OC)(OC)OC.CCO[Si](CCCNS(=O)(=O)C(C)CC)(OCC)OCC.CCO[Si](CCCNS(=O)(=O)C(C)CC)(OCC)OCC.CCO[Si](CCCNS(=O)(=O)C(C)CC)(OCC)OCC.[Na+]. The van der Waals surface area contributed by atoms with E-state index in [0.29, 0.717) is 205 Å². The molecule has 0 spiro atoms. The van der Waals surface area contributed by atoms with Gasteiger partial charge in [0.2, 0.25) is 73.7 Å². The van der Waals surface area contributed by atoms with Crippen LogP contribution in [0.4, 0.5) is 0 Å². The Labute approximate surface area is 890 Å². The Morgan fingerprint density at radius 1 is 0.352 bits per heavy atom. The molecule has 8 unspecified atom stereocenters. The van der Waals surface area contributed by atoms with E-state index in [0.717, 1.165) is 19.3 Å². The van der Waals surface area contributed by atoms with E-state index in [-0.39, 0.29) is 98.9 Å². The van der Waals surface area contributed by atoms with Crippen molar-refractivity contribution in [1.82, 2.24) is 34.2 Å². The number of aliphatic hydroxyl groups is 2. The molecule has 0 bridgehead atoms. The minimum atomic E-state index is -3.30. The zero-order valence-corrected chi connectivity index (χ0v) is 106. The second kappa shape index (κ2) is 91.9. The number of hydrogen-bond donors (Lipinski definition) is 11. The second-order valence-electron chi connectivity index (χ2n) is 33.9. The van der Waals surface area contributed by atoms with Gasteiger partial charge in [-0.3, -0.25) is 19.2 Å². The molecule has 0 aliphatic carbocycles. The first-order chi connectivity index (χ1) is 65.3. The molecule has 0 saturated carbocycles. The maximum atomic E-state index is 12.0. The Morgan fingerprint density at radius 2 is 0.592 bits per heavy atom. The average Bonchev–Trinajstić information content (AvgIpc) is 0.824. The maximum absolute atomic E-state index is 12.0. The van der Waals surface area contributed by atoms with Crippen molar-refractivity contribution in [2.45, 2.75) is 380 Å². The number of carbonyl (C=O) groups is 5. The molecule has 13 N–H and O–H groups in total. The van der Waals surface area contributed by atoms with E-state index in [1.54, 1.807) is 98.0 Å². The number of primary amides is 2. The number of amides is 4. The number of carbonyl (C=O) groups excluding carboxylic acids is 5. The quantitative estimate of drug-likeness (QED) is 0.0161. The van der Waals surface area contributed by atoms with E-state index in [1.807, 2.05) is 159 Å². The third-order valence-corrected chi connectivity index (χ3v) is 48.1. The molecule has 0 rings (SSSR count). The molecule has 0 aromatic heterocycles. The van der Waals surface area contributed by atoms with Gasteiger partial charge in [-0.15, -0.1) is 0 Å². The monoisotopic (exact) mass is 2250 g/mol.